The van der Waals surface area contributed by atoms with Gasteiger partial charge in [-0.1, -0.05) is 24.8 Å². The number of amides is 1. The molecular weight excluding hydrogens is 276 g/mol. The molecule has 0 aliphatic heterocycles. The van der Waals surface area contributed by atoms with Gasteiger partial charge in [-0.2, -0.15) is 0 Å². The molecule has 2 N–H and O–H groups in total. The maximum atomic E-state index is 11.7. The molecule has 0 radical (unpaired) electrons. The first-order chi connectivity index (χ1) is 9.49. The van der Waals surface area contributed by atoms with Crippen LogP contribution in [-0.4, -0.2) is 42.0 Å². The fourth-order valence-electron chi connectivity index (χ4n) is 1.76. The number of carbonyl (C=O) groups excluding carboxylic acids is 1. The van der Waals surface area contributed by atoms with E-state index >= 15 is 0 Å². The van der Waals surface area contributed by atoms with Gasteiger partial charge in [-0.3, -0.25) is 4.79 Å². The van der Waals surface area contributed by atoms with Gasteiger partial charge in [0.2, 0.25) is 5.91 Å². The summed E-state index contributed by atoms with van der Waals surface area (Å²) in [6.07, 6.45) is 2.57. The van der Waals surface area contributed by atoms with Crippen molar-refractivity contribution in [1.29, 1.82) is 0 Å². The number of quaternary nitrogens is 1. The van der Waals surface area contributed by atoms with Crippen LogP contribution in [0.2, 0.25) is 0 Å². The van der Waals surface area contributed by atoms with Gasteiger partial charge in [-0.25, -0.2) is 0 Å². The predicted octanol–water partition coefficient (Wildman–Crippen LogP) is 0.448. The van der Waals surface area contributed by atoms with Crippen LogP contribution in [0.15, 0.2) is 22.3 Å². The first kappa shape index (κ1) is 16.7. The van der Waals surface area contributed by atoms with E-state index < -0.39 is 0 Å². The standard InChI is InChI=1S/C13H22N4O2S/c1-6-8-14-11(18)9(3)20-13-16-15-12(19-13)10(7-2)17(4)5/h6,9-10H,1,7-8H2,2-5H3,(H,14,18)/p+1/t9-,10-/m1/s1. The van der Waals surface area contributed by atoms with Crippen LogP contribution in [0.5, 0.6) is 0 Å². The number of nitrogens with zero attached hydrogens (tertiary/aromatic N) is 2. The molecule has 1 amide bonds. The Morgan fingerprint density at radius 3 is 2.80 bits per heavy atom. The van der Waals surface area contributed by atoms with Crippen LogP contribution in [0.3, 0.4) is 0 Å². The fraction of sp³-hybridized carbons (Fsp3) is 0.615. The molecule has 2 atom stereocenters. The summed E-state index contributed by atoms with van der Waals surface area (Å²) in [5, 5.41) is 11.0. The van der Waals surface area contributed by atoms with E-state index in [1.165, 1.54) is 16.7 Å². The van der Waals surface area contributed by atoms with Crippen LogP contribution in [0.1, 0.15) is 32.2 Å². The molecular formula is C13H23N4O2S+. The first-order valence-corrected chi connectivity index (χ1v) is 7.56. The molecule has 0 bridgehead atoms. The van der Waals surface area contributed by atoms with Gasteiger partial charge in [-0.15, -0.1) is 16.8 Å². The van der Waals surface area contributed by atoms with Crippen molar-refractivity contribution in [3.63, 3.8) is 0 Å². The lowest BCUT2D eigenvalue weighted by Gasteiger charge is -2.15. The van der Waals surface area contributed by atoms with Crippen LogP contribution in [0.4, 0.5) is 0 Å². The summed E-state index contributed by atoms with van der Waals surface area (Å²) in [6.45, 7) is 7.91. The van der Waals surface area contributed by atoms with Crippen molar-refractivity contribution in [2.24, 2.45) is 0 Å². The van der Waals surface area contributed by atoms with Crippen molar-refractivity contribution in [3.8, 4) is 0 Å². The highest BCUT2D eigenvalue weighted by atomic mass is 32.2. The zero-order chi connectivity index (χ0) is 15.1. The average Bonchev–Trinajstić information content (AvgIpc) is 2.84. The van der Waals surface area contributed by atoms with Gasteiger partial charge in [0.1, 0.15) is 0 Å². The number of hydrogen-bond acceptors (Lipinski definition) is 5. The molecule has 0 fully saturated rings. The van der Waals surface area contributed by atoms with Crippen molar-refractivity contribution in [2.45, 2.75) is 36.8 Å². The van der Waals surface area contributed by atoms with E-state index in [1.54, 1.807) is 6.08 Å². The summed E-state index contributed by atoms with van der Waals surface area (Å²) in [7, 11) is 4.10. The largest absolute Gasteiger partial charge is 0.410 e. The van der Waals surface area contributed by atoms with E-state index in [2.05, 4.69) is 43.1 Å². The van der Waals surface area contributed by atoms with Gasteiger partial charge in [0.25, 0.3) is 11.1 Å². The second kappa shape index (κ2) is 8.06. The normalized spacial score (nSPS) is 14.1. The van der Waals surface area contributed by atoms with Gasteiger partial charge >= 0.3 is 0 Å². The third-order valence-electron chi connectivity index (χ3n) is 2.89. The van der Waals surface area contributed by atoms with E-state index in [0.29, 0.717) is 17.7 Å². The van der Waals surface area contributed by atoms with Crippen molar-refractivity contribution >= 4 is 17.7 Å². The zero-order valence-electron chi connectivity index (χ0n) is 12.5. The lowest BCUT2D eigenvalue weighted by atomic mass is 10.2. The minimum Gasteiger partial charge on any atom is -0.410 e. The minimum absolute atomic E-state index is 0.0695. The molecule has 0 aliphatic carbocycles. The summed E-state index contributed by atoms with van der Waals surface area (Å²) in [4.78, 5) is 13.0. The number of hydrogen-bond donors (Lipinski definition) is 2. The lowest BCUT2D eigenvalue weighted by Crippen LogP contribution is -3.06. The van der Waals surface area contributed by atoms with Crippen LogP contribution in [0, 0.1) is 0 Å². The Kier molecular flexibility index (Phi) is 6.74. The van der Waals surface area contributed by atoms with Crippen molar-refractivity contribution < 1.29 is 14.1 Å². The maximum Gasteiger partial charge on any atom is 0.277 e. The van der Waals surface area contributed by atoms with E-state index in [0.717, 1.165) is 6.42 Å². The highest BCUT2D eigenvalue weighted by Crippen LogP contribution is 2.23. The van der Waals surface area contributed by atoms with E-state index in [1.807, 2.05) is 6.92 Å². The molecule has 7 heteroatoms. The SMILES string of the molecule is C=CCNC(=O)[C@@H](C)Sc1nnc([C@@H](CC)[NH+](C)C)o1. The lowest BCUT2D eigenvalue weighted by molar-refractivity contribution is -0.894. The Morgan fingerprint density at radius 1 is 1.55 bits per heavy atom. The van der Waals surface area contributed by atoms with Crippen LogP contribution < -0.4 is 10.2 Å². The maximum absolute atomic E-state index is 11.7. The van der Waals surface area contributed by atoms with Crippen LogP contribution in [0.25, 0.3) is 0 Å². The van der Waals surface area contributed by atoms with E-state index in [9.17, 15) is 4.79 Å². The monoisotopic (exact) mass is 299 g/mol. The van der Waals surface area contributed by atoms with E-state index in [4.69, 9.17) is 4.42 Å². The summed E-state index contributed by atoms with van der Waals surface area (Å²) in [5.41, 5.74) is 0. The van der Waals surface area contributed by atoms with Crippen molar-refractivity contribution in [3.05, 3.63) is 18.5 Å². The Balaban J connectivity index is 2.63. The number of nitrogens with one attached hydrogen (secondary N) is 2. The molecule has 1 rings (SSSR count). The van der Waals surface area contributed by atoms with Crippen LogP contribution >= 0.6 is 11.8 Å². The molecule has 0 aliphatic rings. The summed E-state index contributed by atoms with van der Waals surface area (Å²) >= 11 is 1.27. The van der Waals surface area contributed by atoms with Gasteiger partial charge in [-0.05, 0) is 6.92 Å². The second-order valence-electron chi connectivity index (χ2n) is 4.74. The molecule has 1 heterocycles. The molecule has 0 aromatic carbocycles. The molecule has 1 aromatic rings. The Hall–Kier alpha value is -1.34. The summed E-state index contributed by atoms with van der Waals surface area (Å²) in [5.74, 6) is 0.550. The number of aromatic nitrogens is 2. The number of rotatable bonds is 8. The second-order valence-corrected chi connectivity index (χ2v) is 6.03. The molecule has 112 valence electrons. The molecule has 20 heavy (non-hydrogen) atoms. The highest BCUT2D eigenvalue weighted by Gasteiger charge is 2.24. The number of carbonyl (C=O) groups is 1. The Morgan fingerprint density at radius 2 is 2.25 bits per heavy atom. The smallest absolute Gasteiger partial charge is 0.277 e. The molecule has 1 aromatic heterocycles. The van der Waals surface area contributed by atoms with Gasteiger partial charge < -0.3 is 14.6 Å². The topological polar surface area (TPSA) is 72.5 Å². The number of thioether (sulfide) groups is 1. The minimum atomic E-state index is -0.282. The Labute approximate surface area is 124 Å². The highest BCUT2D eigenvalue weighted by molar-refractivity contribution is 8.00. The Bertz CT molecular complexity index is 447. The fourth-order valence-corrected chi connectivity index (χ4v) is 2.47. The quantitative estimate of drug-likeness (QED) is 0.538. The third kappa shape index (κ3) is 4.64. The van der Waals surface area contributed by atoms with Crippen molar-refractivity contribution in [2.75, 3.05) is 20.6 Å². The van der Waals surface area contributed by atoms with Crippen LogP contribution in [-0.2, 0) is 4.79 Å². The van der Waals surface area contributed by atoms with Gasteiger partial charge in [0.15, 0.2) is 6.04 Å². The first-order valence-electron chi connectivity index (χ1n) is 6.68. The average molecular weight is 299 g/mol. The molecule has 6 nitrogen and oxygen atoms in total. The summed E-state index contributed by atoms with van der Waals surface area (Å²) in [6, 6.07) is 0.182. The van der Waals surface area contributed by atoms with Crippen molar-refractivity contribution in [1.82, 2.24) is 15.5 Å². The van der Waals surface area contributed by atoms with Gasteiger partial charge in [0, 0.05) is 13.0 Å². The van der Waals surface area contributed by atoms with Gasteiger partial charge in [0.05, 0.1) is 19.3 Å². The molecule has 0 spiro atoms. The molecule has 0 unspecified atom stereocenters. The molecule has 0 saturated carbocycles. The predicted molar refractivity (Wildman–Crippen MR) is 78.7 cm³/mol. The molecule has 0 saturated heterocycles. The zero-order valence-corrected chi connectivity index (χ0v) is 13.3. The van der Waals surface area contributed by atoms with E-state index in [-0.39, 0.29) is 17.2 Å². The third-order valence-corrected chi connectivity index (χ3v) is 3.83. The summed E-state index contributed by atoms with van der Waals surface area (Å²) < 4.78 is 5.64.